The van der Waals surface area contributed by atoms with Crippen LogP contribution < -0.4 is 0 Å². The molecule has 0 aromatic carbocycles. The summed E-state index contributed by atoms with van der Waals surface area (Å²) >= 11 is 0. The van der Waals surface area contributed by atoms with Gasteiger partial charge in [0.1, 0.15) is 0 Å². The summed E-state index contributed by atoms with van der Waals surface area (Å²) in [5, 5.41) is 0. The zero-order chi connectivity index (χ0) is 12.6. The van der Waals surface area contributed by atoms with Crippen LogP contribution in [0, 0.1) is 0 Å². The number of hydrogen-bond donors (Lipinski definition) is 0. The molecule has 1 aliphatic rings. The van der Waals surface area contributed by atoms with Gasteiger partial charge in [-0.1, -0.05) is 33.8 Å². The average Bonchev–Trinajstić information content (AvgIpc) is 2.78. The lowest BCUT2D eigenvalue weighted by Crippen LogP contribution is -2.21. The molecule has 0 saturated heterocycles. The second-order valence-electron chi connectivity index (χ2n) is 2.98. The molecule has 0 bridgehead atoms. The SMILES string of the molecule is CC.CC.CC(=O)N1Cc2cccnc2C1. The summed E-state index contributed by atoms with van der Waals surface area (Å²) < 4.78 is 0. The minimum absolute atomic E-state index is 0.119. The fraction of sp³-hybridized carbons (Fsp3) is 0.538. The molecular weight excluding hydrogens is 200 g/mol. The van der Waals surface area contributed by atoms with Crippen LogP contribution in [-0.4, -0.2) is 15.8 Å². The zero-order valence-corrected chi connectivity index (χ0v) is 10.9. The van der Waals surface area contributed by atoms with Gasteiger partial charge < -0.3 is 4.90 Å². The van der Waals surface area contributed by atoms with Gasteiger partial charge in [-0.3, -0.25) is 9.78 Å². The number of hydrogen-bond acceptors (Lipinski definition) is 2. The van der Waals surface area contributed by atoms with Crippen LogP contribution in [0.25, 0.3) is 0 Å². The fourth-order valence-electron chi connectivity index (χ4n) is 1.42. The number of aromatic nitrogens is 1. The molecule has 0 radical (unpaired) electrons. The van der Waals surface area contributed by atoms with Crippen molar-refractivity contribution in [3.63, 3.8) is 0 Å². The Hall–Kier alpha value is -1.38. The maximum Gasteiger partial charge on any atom is 0.220 e. The fourth-order valence-corrected chi connectivity index (χ4v) is 1.42. The smallest absolute Gasteiger partial charge is 0.220 e. The maximum atomic E-state index is 11.0. The van der Waals surface area contributed by atoms with Gasteiger partial charge in [-0.05, 0) is 11.6 Å². The molecule has 16 heavy (non-hydrogen) atoms. The lowest BCUT2D eigenvalue weighted by atomic mass is 10.2. The third kappa shape index (κ3) is 3.65. The number of carbonyl (C=O) groups is 1. The summed E-state index contributed by atoms with van der Waals surface area (Å²) in [6, 6.07) is 3.92. The predicted octanol–water partition coefficient (Wildman–Crippen LogP) is 3.00. The normalized spacial score (nSPS) is 11.7. The summed E-state index contributed by atoms with van der Waals surface area (Å²) in [6.45, 7) is 11.0. The van der Waals surface area contributed by atoms with Gasteiger partial charge in [0.25, 0.3) is 0 Å². The first-order chi connectivity index (χ1) is 7.77. The lowest BCUT2D eigenvalue weighted by molar-refractivity contribution is -0.129. The molecule has 0 spiro atoms. The lowest BCUT2D eigenvalue weighted by Gasteiger charge is -2.10. The van der Waals surface area contributed by atoms with Crippen molar-refractivity contribution in [2.45, 2.75) is 47.7 Å². The summed E-state index contributed by atoms with van der Waals surface area (Å²) in [5.41, 5.74) is 2.21. The van der Waals surface area contributed by atoms with Crippen LogP contribution in [0.15, 0.2) is 18.3 Å². The molecule has 1 aromatic rings. The first kappa shape index (κ1) is 14.6. The molecule has 90 valence electrons. The van der Waals surface area contributed by atoms with Crippen LogP contribution in [-0.2, 0) is 17.9 Å². The van der Waals surface area contributed by atoms with Crippen LogP contribution in [0.4, 0.5) is 0 Å². The number of rotatable bonds is 0. The van der Waals surface area contributed by atoms with E-state index >= 15 is 0 Å². The average molecular weight is 222 g/mol. The highest BCUT2D eigenvalue weighted by Crippen LogP contribution is 2.19. The summed E-state index contributed by atoms with van der Waals surface area (Å²) in [6.07, 6.45) is 1.77. The van der Waals surface area contributed by atoms with Crippen molar-refractivity contribution in [2.75, 3.05) is 0 Å². The van der Waals surface area contributed by atoms with E-state index in [1.54, 1.807) is 18.0 Å². The van der Waals surface area contributed by atoms with Gasteiger partial charge >= 0.3 is 0 Å². The number of pyridine rings is 1. The molecule has 0 atom stereocenters. The molecule has 0 unspecified atom stereocenters. The molecule has 1 aliphatic heterocycles. The van der Waals surface area contributed by atoms with Crippen molar-refractivity contribution < 1.29 is 4.79 Å². The largest absolute Gasteiger partial charge is 0.333 e. The van der Waals surface area contributed by atoms with Gasteiger partial charge in [0.15, 0.2) is 0 Å². The molecule has 0 N–H and O–H groups in total. The second-order valence-corrected chi connectivity index (χ2v) is 2.98. The molecule has 1 aromatic heterocycles. The van der Waals surface area contributed by atoms with E-state index in [9.17, 15) is 4.79 Å². The highest BCUT2D eigenvalue weighted by atomic mass is 16.2. The molecule has 2 heterocycles. The maximum absolute atomic E-state index is 11.0. The van der Waals surface area contributed by atoms with E-state index in [4.69, 9.17) is 0 Å². The molecule has 1 amide bonds. The Bertz CT molecular complexity index is 298. The first-order valence-corrected chi connectivity index (χ1v) is 5.95. The first-order valence-electron chi connectivity index (χ1n) is 5.95. The van der Waals surface area contributed by atoms with E-state index < -0.39 is 0 Å². The van der Waals surface area contributed by atoms with Gasteiger partial charge in [-0.15, -0.1) is 0 Å². The summed E-state index contributed by atoms with van der Waals surface area (Å²) in [5.74, 6) is 0.119. The molecule has 3 nitrogen and oxygen atoms in total. The van der Waals surface area contributed by atoms with Crippen LogP contribution in [0.3, 0.4) is 0 Å². The Balaban J connectivity index is 0.000000509. The Morgan fingerprint density at radius 1 is 1.25 bits per heavy atom. The van der Waals surface area contributed by atoms with E-state index in [-0.39, 0.29) is 5.91 Å². The second kappa shape index (κ2) is 7.85. The van der Waals surface area contributed by atoms with E-state index in [0.717, 1.165) is 12.2 Å². The number of fused-ring (bicyclic) bond motifs is 1. The van der Waals surface area contributed by atoms with E-state index in [2.05, 4.69) is 4.98 Å². The molecule has 0 saturated carbocycles. The molecule has 2 rings (SSSR count). The van der Waals surface area contributed by atoms with Crippen LogP contribution in [0.1, 0.15) is 45.9 Å². The Morgan fingerprint density at radius 2 is 1.88 bits per heavy atom. The summed E-state index contributed by atoms with van der Waals surface area (Å²) in [7, 11) is 0. The monoisotopic (exact) mass is 222 g/mol. The Labute approximate surface area is 98.5 Å². The number of amides is 1. The molecule has 0 aliphatic carbocycles. The number of carbonyl (C=O) groups excluding carboxylic acids is 1. The van der Waals surface area contributed by atoms with E-state index in [1.807, 2.05) is 39.8 Å². The van der Waals surface area contributed by atoms with E-state index in [0.29, 0.717) is 6.54 Å². The van der Waals surface area contributed by atoms with Crippen molar-refractivity contribution in [1.82, 2.24) is 9.88 Å². The zero-order valence-electron chi connectivity index (χ0n) is 10.9. The van der Waals surface area contributed by atoms with Crippen LogP contribution >= 0.6 is 0 Å². The topological polar surface area (TPSA) is 33.2 Å². The Kier molecular flexibility index (Phi) is 7.18. The van der Waals surface area contributed by atoms with Crippen LogP contribution in [0.5, 0.6) is 0 Å². The highest BCUT2D eigenvalue weighted by Gasteiger charge is 2.20. The van der Waals surface area contributed by atoms with Gasteiger partial charge in [-0.25, -0.2) is 0 Å². The van der Waals surface area contributed by atoms with Gasteiger partial charge in [0.2, 0.25) is 5.91 Å². The highest BCUT2D eigenvalue weighted by molar-refractivity contribution is 5.73. The van der Waals surface area contributed by atoms with Gasteiger partial charge in [0.05, 0.1) is 12.2 Å². The van der Waals surface area contributed by atoms with Crippen molar-refractivity contribution in [2.24, 2.45) is 0 Å². The predicted molar refractivity (Wildman–Crippen MR) is 66.9 cm³/mol. The van der Waals surface area contributed by atoms with E-state index in [1.165, 1.54) is 5.56 Å². The van der Waals surface area contributed by atoms with Crippen molar-refractivity contribution >= 4 is 5.91 Å². The van der Waals surface area contributed by atoms with Crippen molar-refractivity contribution in [3.8, 4) is 0 Å². The third-order valence-corrected chi connectivity index (χ3v) is 2.13. The number of nitrogens with zero attached hydrogens (tertiary/aromatic N) is 2. The quantitative estimate of drug-likeness (QED) is 0.676. The van der Waals surface area contributed by atoms with Crippen molar-refractivity contribution in [3.05, 3.63) is 29.6 Å². The third-order valence-electron chi connectivity index (χ3n) is 2.13. The molecular formula is C13H22N2O. The minimum Gasteiger partial charge on any atom is -0.333 e. The standard InChI is InChI=1S/C9H10N2O.2C2H6/c1-7(12)11-5-8-3-2-4-10-9(8)6-11;2*1-2/h2-4H,5-6H2,1H3;2*1-2H3. The molecule has 0 fully saturated rings. The van der Waals surface area contributed by atoms with Crippen molar-refractivity contribution in [1.29, 1.82) is 0 Å². The van der Waals surface area contributed by atoms with Crippen LogP contribution in [0.2, 0.25) is 0 Å². The minimum atomic E-state index is 0.119. The Morgan fingerprint density at radius 3 is 2.38 bits per heavy atom. The summed E-state index contributed by atoms with van der Waals surface area (Å²) in [4.78, 5) is 17.0. The van der Waals surface area contributed by atoms with Gasteiger partial charge in [-0.2, -0.15) is 0 Å². The van der Waals surface area contributed by atoms with Gasteiger partial charge in [0, 0.05) is 19.7 Å². The molecule has 3 heteroatoms.